The molecule has 0 spiro atoms. The SMILES string of the molecule is CCNC(=O)[C@H](C)OC(=O)c1cccc(S(=O)(=O)N2CCCC[C@@H]2C)c1. The fourth-order valence-corrected chi connectivity index (χ4v) is 4.69. The van der Waals surface area contributed by atoms with Crippen molar-refractivity contribution in [3.63, 3.8) is 0 Å². The van der Waals surface area contributed by atoms with E-state index in [1.807, 2.05) is 6.92 Å². The molecule has 1 fully saturated rings. The number of nitrogens with zero attached hydrogens (tertiary/aromatic N) is 1. The smallest absolute Gasteiger partial charge is 0.338 e. The topological polar surface area (TPSA) is 92.8 Å². The molecule has 1 amide bonds. The number of ether oxygens (including phenoxy) is 1. The number of hydrogen-bond acceptors (Lipinski definition) is 5. The molecule has 1 N–H and O–H groups in total. The van der Waals surface area contributed by atoms with Crippen molar-refractivity contribution in [3.05, 3.63) is 29.8 Å². The quantitative estimate of drug-likeness (QED) is 0.759. The van der Waals surface area contributed by atoms with Gasteiger partial charge >= 0.3 is 5.97 Å². The van der Waals surface area contributed by atoms with Crippen LogP contribution in [0.1, 0.15) is 50.4 Å². The highest BCUT2D eigenvalue weighted by Gasteiger charge is 2.31. The molecule has 2 atom stereocenters. The van der Waals surface area contributed by atoms with Gasteiger partial charge in [-0.25, -0.2) is 13.2 Å². The zero-order valence-corrected chi connectivity index (χ0v) is 16.2. The summed E-state index contributed by atoms with van der Waals surface area (Å²) in [6.45, 7) is 6.04. The maximum Gasteiger partial charge on any atom is 0.338 e. The van der Waals surface area contributed by atoms with Gasteiger partial charge in [-0.05, 0) is 51.8 Å². The monoisotopic (exact) mass is 382 g/mol. The molecule has 1 aromatic rings. The molecule has 1 aromatic carbocycles. The Labute approximate surface area is 154 Å². The van der Waals surface area contributed by atoms with Crippen molar-refractivity contribution in [2.45, 2.75) is 57.1 Å². The van der Waals surface area contributed by atoms with E-state index in [4.69, 9.17) is 4.74 Å². The summed E-state index contributed by atoms with van der Waals surface area (Å²) in [6, 6.07) is 5.70. The van der Waals surface area contributed by atoms with Crippen LogP contribution in [0.5, 0.6) is 0 Å². The highest BCUT2D eigenvalue weighted by molar-refractivity contribution is 7.89. The van der Waals surface area contributed by atoms with Gasteiger partial charge in [0.1, 0.15) is 0 Å². The van der Waals surface area contributed by atoms with E-state index in [0.717, 1.165) is 19.3 Å². The van der Waals surface area contributed by atoms with Crippen LogP contribution in [0.3, 0.4) is 0 Å². The van der Waals surface area contributed by atoms with E-state index in [0.29, 0.717) is 13.1 Å². The van der Waals surface area contributed by atoms with E-state index >= 15 is 0 Å². The van der Waals surface area contributed by atoms with E-state index in [-0.39, 0.29) is 16.5 Å². The zero-order chi connectivity index (χ0) is 19.3. The van der Waals surface area contributed by atoms with E-state index in [1.54, 1.807) is 6.92 Å². The molecule has 26 heavy (non-hydrogen) atoms. The Bertz CT molecular complexity index is 763. The fraction of sp³-hybridized carbons (Fsp3) is 0.556. The van der Waals surface area contributed by atoms with Gasteiger partial charge in [-0.3, -0.25) is 4.79 Å². The van der Waals surface area contributed by atoms with Crippen LogP contribution in [-0.2, 0) is 19.6 Å². The fourth-order valence-electron chi connectivity index (χ4n) is 2.95. The number of piperidine rings is 1. The summed E-state index contributed by atoms with van der Waals surface area (Å²) in [7, 11) is -3.67. The third-order valence-electron chi connectivity index (χ3n) is 4.42. The lowest BCUT2D eigenvalue weighted by atomic mass is 10.1. The number of benzene rings is 1. The van der Waals surface area contributed by atoms with Gasteiger partial charge in [0.25, 0.3) is 5.91 Å². The van der Waals surface area contributed by atoms with E-state index < -0.39 is 28.0 Å². The van der Waals surface area contributed by atoms with Crippen LogP contribution in [0.4, 0.5) is 0 Å². The number of sulfonamides is 1. The Morgan fingerprint density at radius 2 is 2.08 bits per heavy atom. The summed E-state index contributed by atoms with van der Waals surface area (Å²) in [5.74, 6) is -1.13. The second-order valence-corrected chi connectivity index (χ2v) is 8.32. The summed E-state index contributed by atoms with van der Waals surface area (Å²) in [4.78, 5) is 24.0. The van der Waals surface area contributed by atoms with Crippen molar-refractivity contribution < 1.29 is 22.7 Å². The summed E-state index contributed by atoms with van der Waals surface area (Å²) in [5, 5.41) is 2.57. The Kier molecular flexibility index (Phi) is 6.77. The van der Waals surface area contributed by atoms with E-state index in [9.17, 15) is 18.0 Å². The Balaban J connectivity index is 2.19. The van der Waals surface area contributed by atoms with Gasteiger partial charge in [0.05, 0.1) is 10.5 Å². The van der Waals surface area contributed by atoms with E-state index in [2.05, 4.69) is 5.32 Å². The standard InChI is InChI=1S/C18H26N2O5S/c1-4-19-17(21)14(3)25-18(22)15-9-7-10-16(12-15)26(23,24)20-11-6-5-8-13(20)2/h7,9-10,12-14H,4-6,8,11H2,1-3H3,(H,19,21)/t13-,14-/m0/s1. The predicted molar refractivity (Wildman–Crippen MR) is 97.2 cm³/mol. The maximum absolute atomic E-state index is 12.9. The van der Waals surface area contributed by atoms with Crippen molar-refractivity contribution in [1.82, 2.24) is 9.62 Å². The molecule has 0 saturated carbocycles. The number of carbonyl (C=O) groups is 2. The lowest BCUT2D eigenvalue weighted by Gasteiger charge is -2.32. The predicted octanol–water partition coefficient (Wildman–Crippen LogP) is 1.93. The van der Waals surface area contributed by atoms with Crippen LogP contribution in [0.15, 0.2) is 29.2 Å². The Morgan fingerprint density at radius 3 is 2.73 bits per heavy atom. The van der Waals surface area contributed by atoms with Crippen molar-refractivity contribution >= 4 is 21.9 Å². The number of amides is 1. The number of nitrogens with one attached hydrogen (secondary N) is 1. The minimum absolute atomic E-state index is 0.0614. The van der Waals surface area contributed by atoms with E-state index in [1.165, 1.54) is 35.5 Å². The molecule has 144 valence electrons. The van der Waals surface area contributed by atoms with Crippen LogP contribution >= 0.6 is 0 Å². The average Bonchev–Trinajstić information content (AvgIpc) is 2.62. The normalized spacial score (nSPS) is 19.6. The van der Waals surface area contributed by atoms with Crippen LogP contribution in [0.2, 0.25) is 0 Å². The summed E-state index contributed by atoms with van der Waals surface area (Å²) in [5.41, 5.74) is 0.104. The number of hydrogen-bond donors (Lipinski definition) is 1. The zero-order valence-electron chi connectivity index (χ0n) is 15.4. The summed E-state index contributed by atoms with van der Waals surface area (Å²) >= 11 is 0. The first kappa shape index (κ1) is 20.4. The van der Waals surface area contributed by atoms with Crippen LogP contribution in [0, 0.1) is 0 Å². The average molecular weight is 382 g/mol. The van der Waals surface area contributed by atoms with Gasteiger partial charge in [-0.15, -0.1) is 0 Å². The lowest BCUT2D eigenvalue weighted by molar-refractivity contribution is -0.128. The molecular formula is C18H26N2O5S. The molecule has 0 aliphatic carbocycles. The minimum atomic E-state index is -3.67. The second-order valence-electron chi connectivity index (χ2n) is 6.43. The number of likely N-dealkylation sites (N-methyl/N-ethyl adjacent to an activating group) is 1. The van der Waals surface area contributed by atoms with Crippen molar-refractivity contribution in [2.75, 3.05) is 13.1 Å². The highest BCUT2D eigenvalue weighted by atomic mass is 32.2. The van der Waals surface area contributed by atoms with Gasteiger partial charge in [-0.2, -0.15) is 4.31 Å². The summed E-state index contributed by atoms with van der Waals surface area (Å²) < 4.78 is 32.4. The Morgan fingerprint density at radius 1 is 1.35 bits per heavy atom. The number of esters is 1. The van der Waals surface area contributed by atoms with Gasteiger partial charge < -0.3 is 10.1 Å². The van der Waals surface area contributed by atoms with Crippen molar-refractivity contribution in [1.29, 1.82) is 0 Å². The second kappa shape index (κ2) is 8.64. The molecule has 1 saturated heterocycles. The third-order valence-corrected chi connectivity index (χ3v) is 6.43. The first-order valence-corrected chi connectivity index (χ1v) is 10.3. The largest absolute Gasteiger partial charge is 0.449 e. The van der Waals surface area contributed by atoms with Crippen LogP contribution in [0.25, 0.3) is 0 Å². The minimum Gasteiger partial charge on any atom is -0.449 e. The molecular weight excluding hydrogens is 356 g/mol. The molecule has 1 aliphatic rings. The number of rotatable bonds is 6. The molecule has 8 heteroatoms. The molecule has 0 unspecified atom stereocenters. The molecule has 2 rings (SSSR count). The molecule has 0 bridgehead atoms. The van der Waals surface area contributed by atoms with Crippen LogP contribution < -0.4 is 5.32 Å². The molecule has 1 aliphatic heterocycles. The number of carbonyl (C=O) groups excluding carboxylic acids is 2. The van der Waals surface area contributed by atoms with Crippen molar-refractivity contribution in [2.24, 2.45) is 0 Å². The maximum atomic E-state index is 12.9. The first-order chi connectivity index (χ1) is 12.3. The van der Waals surface area contributed by atoms with Gasteiger partial charge in [-0.1, -0.05) is 12.5 Å². The van der Waals surface area contributed by atoms with Crippen molar-refractivity contribution in [3.8, 4) is 0 Å². The summed E-state index contributed by atoms with van der Waals surface area (Å²) in [6.07, 6.45) is 1.71. The van der Waals surface area contributed by atoms with Gasteiger partial charge in [0.15, 0.2) is 6.10 Å². The molecule has 1 heterocycles. The first-order valence-electron chi connectivity index (χ1n) is 8.88. The lowest BCUT2D eigenvalue weighted by Crippen LogP contribution is -2.41. The Hall–Kier alpha value is -1.93. The highest BCUT2D eigenvalue weighted by Crippen LogP contribution is 2.25. The third kappa shape index (κ3) is 4.62. The molecule has 0 radical (unpaired) electrons. The van der Waals surface area contributed by atoms with Gasteiger partial charge in [0, 0.05) is 19.1 Å². The van der Waals surface area contributed by atoms with Gasteiger partial charge in [0.2, 0.25) is 10.0 Å². The molecule has 7 nitrogen and oxygen atoms in total. The molecule has 0 aromatic heterocycles. The van der Waals surface area contributed by atoms with Crippen LogP contribution in [-0.4, -0.2) is 49.8 Å².